The summed E-state index contributed by atoms with van der Waals surface area (Å²) in [5.74, 6) is 0.732. The maximum atomic E-state index is 2.44. The van der Waals surface area contributed by atoms with Gasteiger partial charge in [0.05, 0.1) is 0 Å². The van der Waals surface area contributed by atoms with Crippen LogP contribution in [-0.4, -0.2) is 0 Å². The Hall–Kier alpha value is -1.82. The molecule has 0 saturated carbocycles. The van der Waals surface area contributed by atoms with Crippen LogP contribution in [-0.2, 0) is 6.42 Å². The van der Waals surface area contributed by atoms with Crippen LogP contribution in [0.25, 0.3) is 17.2 Å². The van der Waals surface area contributed by atoms with E-state index in [4.69, 9.17) is 0 Å². The first-order valence-corrected chi connectivity index (χ1v) is 7.52. The fourth-order valence-electron chi connectivity index (χ4n) is 3.18. The monoisotopic (exact) mass is 262 g/mol. The van der Waals surface area contributed by atoms with Gasteiger partial charge >= 0.3 is 0 Å². The van der Waals surface area contributed by atoms with Gasteiger partial charge in [0, 0.05) is 0 Å². The molecular weight excluding hydrogens is 240 g/mol. The van der Waals surface area contributed by atoms with Crippen LogP contribution < -0.4 is 0 Å². The average Bonchev–Trinajstić information content (AvgIpc) is 2.83. The van der Waals surface area contributed by atoms with Gasteiger partial charge in [0.1, 0.15) is 0 Å². The van der Waals surface area contributed by atoms with Crippen LogP contribution in [0.4, 0.5) is 0 Å². The molecule has 2 aromatic rings. The molecule has 0 radical (unpaired) electrons. The normalized spacial score (nSPS) is 13.5. The van der Waals surface area contributed by atoms with Crippen molar-refractivity contribution in [3.63, 3.8) is 0 Å². The number of fused-ring (bicyclic) bond motifs is 1. The Labute approximate surface area is 122 Å². The Morgan fingerprint density at radius 1 is 1.00 bits per heavy atom. The van der Waals surface area contributed by atoms with Crippen molar-refractivity contribution in [3.05, 3.63) is 64.7 Å². The molecule has 0 nitrogen and oxygen atoms in total. The second kappa shape index (κ2) is 5.28. The lowest BCUT2D eigenvalue weighted by molar-refractivity contribution is 0.638. The second-order valence-corrected chi connectivity index (χ2v) is 6.27. The third-order valence-corrected chi connectivity index (χ3v) is 4.10. The first kappa shape index (κ1) is 13.2. The Morgan fingerprint density at radius 2 is 1.75 bits per heavy atom. The molecule has 1 aliphatic rings. The summed E-state index contributed by atoms with van der Waals surface area (Å²) in [4.78, 5) is 0. The Balaban J connectivity index is 2.07. The van der Waals surface area contributed by atoms with Gasteiger partial charge in [0.15, 0.2) is 0 Å². The maximum Gasteiger partial charge on any atom is -0.00549 e. The smallest absolute Gasteiger partial charge is 0.00549 e. The number of rotatable bonds is 3. The SMILES string of the molecule is Cc1ccc(-c2ccccc2)c2c1CC(CC(C)C)=C2. The minimum atomic E-state index is 0.732. The predicted octanol–water partition coefficient (Wildman–Crippen LogP) is 5.65. The summed E-state index contributed by atoms with van der Waals surface area (Å²) in [5, 5.41) is 0. The summed E-state index contributed by atoms with van der Waals surface area (Å²) in [7, 11) is 0. The van der Waals surface area contributed by atoms with Crippen LogP contribution >= 0.6 is 0 Å². The molecule has 0 aliphatic heterocycles. The average molecular weight is 262 g/mol. The van der Waals surface area contributed by atoms with E-state index in [0.29, 0.717) is 0 Å². The molecule has 0 saturated heterocycles. The molecule has 0 bridgehead atoms. The first-order chi connectivity index (χ1) is 9.65. The Morgan fingerprint density at radius 3 is 2.45 bits per heavy atom. The van der Waals surface area contributed by atoms with E-state index < -0.39 is 0 Å². The zero-order valence-corrected chi connectivity index (χ0v) is 12.6. The number of hydrogen-bond donors (Lipinski definition) is 0. The van der Waals surface area contributed by atoms with E-state index in [-0.39, 0.29) is 0 Å². The molecule has 0 spiro atoms. The molecule has 0 amide bonds. The van der Waals surface area contributed by atoms with Crippen LogP contribution in [0.2, 0.25) is 0 Å². The number of aryl methyl sites for hydroxylation is 1. The highest BCUT2D eigenvalue weighted by atomic mass is 14.2. The molecule has 0 heteroatoms. The quantitative estimate of drug-likeness (QED) is 0.670. The van der Waals surface area contributed by atoms with E-state index in [1.807, 2.05) is 0 Å². The zero-order chi connectivity index (χ0) is 14.1. The molecular formula is C20H22. The molecule has 0 atom stereocenters. The molecule has 1 aliphatic carbocycles. The van der Waals surface area contributed by atoms with E-state index in [0.717, 1.165) is 12.3 Å². The van der Waals surface area contributed by atoms with Crippen LogP contribution in [0.5, 0.6) is 0 Å². The van der Waals surface area contributed by atoms with Gasteiger partial charge in [0.25, 0.3) is 0 Å². The lowest BCUT2D eigenvalue weighted by Crippen LogP contribution is -1.94. The van der Waals surface area contributed by atoms with E-state index in [2.05, 4.69) is 69.3 Å². The standard InChI is InChI=1S/C20H22/c1-14(2)11-16-12-19-15(3)9-10-18(20(19)13-16)17-7-5-4-6-8-17/h4-10,13-14H,11-12H2,1-3H3. The van der Waals surface area contributed by atoms with Gasteiger partial charge in [-0.2, -0.15) is 0 Å². The summed E-state index contributed by atoms with van der Waals surface area (Å²) in [6, 6.07) is 15.3. The van der Waals surface area contributed by atoms with Gasteiger partial charge in [-0.15, -0.1) is 0 Å². The van der Waals surface area contributed by atoms with Gasteiger partial charge in [-0.25, -0.2) is 0 Å². The van der Waals surface area contributed by atoms with Crippen LogP contribution in [0.15, 0.2) is 48.0 Å². The highest BCUT2D eigenvalue weighted by Crippen LogP contribution is 2.37. The lowest BCUT2D eigenvalue weighted by atomic mass is 9.94. The summed E-state index contributed by atoms with van der Waals surface area (Å²) >= 11 is 0. The lowest BCUT2D eigenvalue weighted by Gasteiger charge is -2.10. The summed E-state index contributed by atoms with van der Waals surface area (Å²) in [6.45, 7) is 6.84. The van der Waals surface area contributed by atoms with Crippen molar-refractivity contribution in [1.29, 1.82) is 0 Å². The van der Waals surface area contributed by atoms with Gasteiger partial charge < -0.3 is 0 Å². The fourth-order valence-corrected chi connectivity index (χ4v) is 3.18. The summed E-state index contributed by atoms with van der Waals surface area (Å²) in [5.41, 5.74) is 8.70. The van der Waals surface area contributed by atoms with Crippen molar-refractivity contribution >= 4 is 6.08 Å². The molecule has 0 unspecified atom stereocenters. The van der Waals surface area contributed by atoms with Crippen molar-refractivity contribution in [2.45, 2.75) is 33.6 Å². The molecule has 0 fully saturated rings. The molecule has 0 aromatic heterocycles. The minimum absolute atomic E-state index is 0.732. The third-order valence-electron chi connectivity index (χ3n) is 4.10. The minimum Gasteiger partial charge on any atom is -0.0649 e. The predicted molar refractivity (Wildman–Crippen MR) is 87.8 cm³/mol. The maximum absolute atomic E-state index is 2.44. The van der Waals surface area contributed by atoms with Crippen LogP contribution in [0, 0.1) is 12.8 Å². The fraction of sp³-hybridized carbons (Fsp3) is 0.300. The Kier molecular flexibility index (Phi) is 3.48. The summed E-state index contributed by atoms with van der Waals surface area (Å²) in [6.07, 6.45) is 4.78. The molecule has 3 rings (SSSR count). The largest absolute Gasteiger partial charge is 0.0649 e. The van der Waals surface area contributed by atoms with Crippen molar-refractivity contribution in [2.24, 2.45) is 5.92 Å². The van der Waals surface area contributed by atoms with Crippen molar-refractivity contribution in [2.75, 3.05) is 0 Å². The third kappa shape index (κ3) is 2.43. The topological polar surface area (TPSA) is 0 Å². The highest BCUT2D eigenvalue weighted by Gasteiger charge is 2.19. The van der Waals surface area contributed by atoms with Crippen LogP contribution in [0.3, 0.4) is 0 Å². The number of benzene rings is 2. The molecule has 102 valence electrons. The van der Waals surface area contributed by atoms with E-state index >= 15 is 0 Å². The Bertz CT molecular complexity index is 645. The molecule has 0 N–H and O–H groups in total. The van der Waals surface area contributed by atoms with Crippen molar-refractivity contribution in [1.82, 2.24) is 0 Å². The first-order valence-electron chi connectivity index (χ1n) is 7.52. The summed E-state index contributed by atoms with van der Waals surface area (Å²) < 4.78 is 0. The van der Waals surface area contributed by atoms with E-state index in [9.17, 15) is 0 Å². The number of allylic oxidation sites excluding steroid dienone is 1. The van der Waals surface area contributed by atoms with Crippen molar-refractivity contribution in [3.8, 4) is 11.1 Å². The zero-order valence-electron chi connectivity index (χ0n) is 12.6. The second-order valence-electron chi connectivity index (χ2n) is 6.27. The van der Waals surface area contributed by atoms with E-state index in [1.165, 1.54) is 34.2 Å². The van der Waals surface area contributed by atoms with Gasteiger partial charge in [-0.05, 0) is 53.5 Å². The van der Waals surface area contributed by atoms with E-state index in [1.54, 1.807) is 5.57 Å². The van der Waals surface area contributed by atoms with Gasteiger partial charge in [-0.1, -0.05) is 68.0 Å². The molecule has 20 heavy (non-hydrogen) atoms. The highest BCUT2D eigenvalue weighted by molar-refractivity contribution is 5.81. The molecule has 2 aromatic carbocycles. The van der Waals surface area contributed by atoms with Crippen molar-refractivity contribution < 1.29 is 0 Å². The van der Waals surface area contributed by atoms with Crippen LogP contribution in [0.1, 0.15) is 37.0 Å². The van der Waals surface area contributed by atoms with Gasteiger partial charge in [-0.3, -0.25) is 0 Å². The number of hydrogen-bond acceptors (Lipinski definition) is 0. The molecule has 0 heterocycles. The van der Waals surface area contributed by atoms with Gasteiger partial charge in [0.2, 0.25) is 0 Å².